The zero-order valence-corrected chi connectivity index (χ0v) is 14.4. The Labute approximate surface area is 146 Å². The van der Waals surface area contributed by atoms with Crippen LogP contribution in [-0.4, -0.2) is 31.2 Å². The maximum Gasteiger partial charge on any atom is 0.171 e. The van der Waals surface area contributed by atoms with E-state index < -0.39 is 0 Å². The molecule has 0 aliphatic carbocycles. The fourth-order valence-electron chi connectivity index (χ4n) is 3.16. The standard InChI is InChI=1S/C18H21N5O2/c1-13-5-6-16(25-13)11-22-8-9-23-17(20-21-18(23)14(22)2)12-24-15-4-3-7-19-10-15/h3-7,10,14H,8-9,11-12H2,1-2H3/t14-/m1/s1. The van der Waals surface area contributed by atoms with Crippen LogP contribution in [0.3, 0.4) is 0 Å². The number of hydrogen-bond acceptors (Lipinski definition) is 6. The van der Waals surface area contributed by atoms with Crippen LogP contribution in [0, 0.1) is 6.92 Å². The van der Waals surface area contributed by atoms with Crippen molar-refractivity contribution in [2.75, 3.05) is 6.54 Å². The van der Waals surface area contributed by atoms with Crippen LogP contribution in [0.15, 0.2) is 41.1 Å². The van der Waals surface area contributed by atoms with Crippen LogP contribution in [0.2, 0.25) is 0 Å². The third kappa shape index (κ3) is 3.28. The number of furan rings is 1. The highest BCUT2D eigenvalue weighted by Gasteiger charge is 2.28. The SMILES string of the molecule is Cc1ccc(CN2CCn3c(COc4cccnc4)nnc3[C@H]2C)o1. The lowest BCUT2D eigenvalue weighted by atomic mass is 10.2. The lowest BCUT2D eigenvalue weighted by molar-refractivity contribution is 0.141. The van der Waals surface area contributed by atoms with E-state index in [0.717, 1.165) is 48.6 Å². The molecule has 0 unspecified atom stereocenters. The molecule has 0 amide bonds. The highest BCUT2D eigenvalue weighted by molar-refractivity contribution is 5.16. The Kier molecular flexibility index (Phi) is 4.23. The second-order valence-corrected chi connectivity index (χ2v) is 6.26. The van der Waals surface area contributed by atoms with Gasteiger partial charge in [0.2, 0.25) is 0 Å². The van der Waals surface area contributed by atoms with Crippen LogP contribution in [0.1, 0.15) is 36.1 Å². The molecule has 0 saturated carbocycles. The molecule has 0 fully saturated rings. The quantitative estimate of drug-likeness (QED) is 0.712. The second kappa shape index (κ2) is 6.68. The third-order valence-corrected chi connectivity index (χ3v) is 4.55. The molecule has 3 aromatic rings. The lowest BCUT2D eigenvalue weighted by Gasteiger charge is -2.32. The van der Waals surface area contributed by atoms with Crippen LogP contribution in [-0.2, 0) is 19.7 Å². The Morgan fingerprint density at radius 2 is 2.16 bits per heavy atom. The number of ether oxygens (including phenoxy) is 1. The first kappa shape index (κ1) is 15.8. The minimum Gasteiger partial charge on any atom is -0.484 e. The Morgan fingerprint density at radius 1 is 1.24 bits per heavy atom. The highest BCUT2D eigenvalue weighted by atomic mass is 16.5. The van der Waals surface area contributed by atoms with Gasteiger partial charge in [0.25, 0.3) is 0 Å². The summed E-state index contributed by atoms with van der Waals surface area (Å²) in [6.45, 7) is 7.06. The molecule has 0 radical (unpaired) electrons. The molecule has 1 aliphatic heterocycles. The summed E-state index contributed by atoms with van der Waals surface area (Å²) >= 11 is 0. The smallest absolute Gasteiger partial charge is 0.171 e. The topological polar surface area (TPSA) is 69.2 Å². The average Bonchev–Trinajstić information content (AvgIpc) is 3.23. The number of nitrogens with zero attached hydrogens (tertiary/aromatic N) is 5. The van der Waals surface area contributed by atoms with Gasteiger partial charge in [-0.3, -0.25) is 9.88 Å². The fraction of sp³-hybridized carbons (Fsp3) is 0.389. The molecule has 7 heteroatoms. The van der Waals surface area contributed by atoms with Crippen molar-refractivity contribution < 1.29 is 9.15 Å². The van der Waals surface area contributed by atoms with Crippen molar-refractivity contribution in [3.05, 3.63) is 59.8 Å². The molecule has 0 aromatic carbocycles. The molecule has 0 bridgehead atoms. The van der Waals surface area contributed by atoms with Crippen molar-refractivity contribution in [2.24, 2.45) is 0 Å². The fourth-order valence-corrected chi connectivity index (χ4v) is 3.16. The molecule has 0 spiro atoms. The highest BCUT2D eigenvalue weighted by Crippen LogP contribution is 2.26. The maximum atomic E-state index is 5.76. The van der Waals surface area contributed by atoms with Crippen molar-refractivity contribution in [1.82, 2.24) is 24.6 Å². The number of rotatable bonds is 5. The first-order chi connectivity index (χ1) is 12.2. The Bertz CT molecular complexity index is 842. The molecule has 0 saturated heterocycles. The monoisotopic (exact) mass is 339 g/mol. The first-order valence-electron chi connectivity index (χ1n) is 8.45. The summed E-state index contributed by atoms with van der Waals surface area (Å²) in [5, 5.41) is 8.72. The van der Waals surface area contributed by atoms with Crippen molar-refractivity contribution in [3.8, 4) is 5.75 Å². The number of fused-ring (bicyclic) bond motifs is 1. The Morgan fingerprint density at radius 3 is 2.92 bits per heavy atom. The van der Waals surface area contributed by atoms with Crippen LogP contribution >= 0.6 is 0 Å². The summed E-state index contributed by atoms with van der Waals surface area (Å²) in [5.74, 6) is 4.48. The van der Waals surface area contributed by atoms with Gasteiger partial charge in [0, 0.05) is 19.3 Å². The van der Waals surface area contributed by atoms with Crippen molar-refractivity contribution >= 4 is 0 Å². The van der Waals surface area contributed by atoms with E-state index in [1.54, 1.807) is 12.4 Å². The molecule has 3 aromatic heterocycles. The van der Waals surface area contributed by atoms with Crippen LogP contribution in [0.5, 0.6) is 5.75 Å². The van der Waals surface area contributed by atoms with Gasteiger partial charge in [0.1, 0.15) is 29.7 Å². The minimum absolute atomic E-state index is 0.179. The molecule has 25 heavy (non-hydrogen) atoms. The van der Waals surface area contributed by atoms with Crippen LogP contribution in [0.25, 0.3) is 0 Å². The number of pyridine rings is 1. The molecular formula is C18H21N5O2. The van der Waals surface area contributed by atoms with Crippen LogP contribution < -0.4 is 4.74 Å². The van der Waals surface area contributed by atoms with Gasteiger partial charge in [-0.25, -0.2) is 0 Å². The molecular weight excluding hydrogens is 318 g/mol. The Balaban J connectivity index is 1.45. The van der Waals surface area contributed by atoms with Gasteiger partial charge in [-0.1, -0.05) is 0 Å². The van der Waals surface area contributed by atoms with Crippen LogP contribution in [0.4, 0.5) is 0 Å². The normalized spacial score (nSPS) is 17.4. The van der Waals surface area contributed by atoms with E-state index in [2.05, 4.69) is 31.6 Å². The summed E-state index contributed by atoms with van der Waals surface area (Å²) in [7, 11) is 0. The molecule has 130 valence electrons. The summed E-state index contributed by atoms with van der Waals surface area (Å²) in [6, 6.07) is 7.95. The molecule has 7 nitrogen and oxygen atoms in total. The van der Waals surface area contributed by atoms with E-state index in [9.17, 15) is 0 Å². The molecule has 1 aliphatic rings. The number of aromatic nitrogens is 4. The van der Waals surface area contributed by atoms with Gasteiger partial charge in [0.05, 0.1) is 18.8 Å². The molecule has 4 heterocycles. The number of hydrogen-bond donors (Lipinski definition) is 0. The minimum atomic E-state index is 0.179. The summed E-state index contributed by atoms with van der Waals surface area (Å²) in [5.41, 5.74) is 0. The molecule has 1 atom stereocenters. The maximum absolute atomic E-state index is 5.76. The van der Waals surface area contributed by atoms with E-state index in [-0.39, 0.29) is 6.04 Å². The molecule has 4 rings (SSSR count). The number of aryl methyl sites for hydroxylation is 1. The zero-order chi connectivity index (χ0) is 17.2. The largest absolute Gasteiger partial charge is 0.484 e. The predicted molar refractivity (Wildman–Crippen MR) is 90.9 cm³/mol. The van der Waals surface area contributed by atoms with E-state index in [0.29, 0.717) is 6.61 Å². The van der Waals surface area contributed by atoms with Crippen molar-refractivity contribution in [3.63, 3.8) is 0 Å². The van der Waals surface area contributed by atoms with Gasteiger partial charge in [0.15, 0.2) is 5.82 Å². The van der Waals surface area contributed by atoms with Gasteiger partial charge in [-0.05, 0) is 38.1 Å². The predicted octanol–water partition coefficient (Wildman–Crippen LogP) is 2.73. The molecule has 0 N–H and O–H groups in total. The summed E-state index contributed by atoms with van der Waals surface area (Å²) in [6.07, 6.45) is 3.42. The lowest BCUT2D eigenvalue weighted by Crippen LogP contribution is -2.37. The van der Waals surface area contributed by atoms with Gasteiger partial charge < -0.3 is 13.7 Å². The van der Waals surface area contributed by atoms with Gasteiger partial charge in [-0.2, -0.15) is 0 Å². The average molecular weight is 339 g/mol. The van der Waals surface area contributed by atoms with E-state index >= 15 is 0 Å². The second-order valence-electron chi connectivity index (χ2n) is 6.26. The first-order valence-corrected chi connectivity index (χ1v) is 8.45. The van der Waals surface area contributed by atoms with Gasteiger partial charge >= 0.3 is 0 Å². The summed E-state index contributed by atoms with van der Waals surface area (Å²) < 4.78 is 13.6. The third-order valence-electron chi connectivity index (χ3n) is 4.55. The zero-order valence-electron chi connectivity index (χ0n) is 14.4. The van der Waals surface area contributed by atoms with Crippen molar-refractivity contribution in [1.29, 1.82) is 0 Å². The van der Waals surface area contributed by atoms with Gasteiger partial charge in [-0.15, -0.1) is 10.2 Å². The van der Waals surface area contributed by atoms with E-state index in [1.165, 1.54) is 0 Å². The van der Waals surface area contributed by atoms with E-state index in [1.807, 2.05) is 31.2 Å². The van der Waals surface area contributed by atoms with Crippen molar-refractivity contribution in [2.45, 2.75) is 39.6 Å². The van der Waals surface area contributed by atoms with E-state index in [4.69, 9.17) is 9.15 Å². The summed E-state index contributed by atoms with van der Waals surface area (Å²) in [4.78, 5) is 6.41. The Hall–Kier alpha value is -2.67.